The molecule has 0 unspecified atom stereocenters. The number of amides is 1. The highest BCUT2D eigenvalue weighted by Gasteiger charge is 2.16. The molecule has 1 aromatic carbocycles. The Bertz CT molecular complexity index is 769. The van der Waals surface area contributed by atoms with Gasteiger partial charge in [0.15, 0.2) is 5.69 Å². The van der Waals surface area contributed by atoms with Crippen molar-refractivity contribution < 1.29 is 14.3 Å². The van der Waals surface area contributed by atoms with Crippen LogP contribution in [0.4, 0.5) is 11.6 Å². The van der Waals surface area contributed by atoms with Gasteiger partial charge in [0.1, 0.15) is 0 Å². The van der Waals surface area contributed by atoms with Gasteiger partial charge in [0.05, 0.1) is 31.0 Å². The summed E-state index contributed by atoms with van der Waals surface area (Å²) in [6.07, 6.45) is 1.46. The lowest BCUT2D eigenvalue weighted by atomic mass is 10.2. The van der Waals surface area contributed by atoms with Crippen LogP contribution < -0.4 is 10.2 Å². The minimum Gasteiger partial charge on any atom is -0.379 e. The molecule has 1 aromatic heterocycles. The molecule has 0 saturated heterocycles. The molecule has 7 nitrogen and oxygen atoms in total. The van der Waals surface area contributed by atoms with Gasteiger partial charge in [-0.1, -0.05) is 23.7 Å². The summed E-state index contributed by atoms with van der Waals surface area (Å²) < 4.78 is 10.8. The van der Waals surface area contributed by atoms with Crippen LogP contribution in [0.3, 0.4) is 0 Å². The third kappa shape index (κ3) is 6.44. The number of halogens is 1. The number of nitrogens with zero attached hydrogens (tertiary/aromatic N) is 3. The zero-order valence-electron chi connectivity index (χ0n) is 16.6. The Morgan fingerprint density at radius 2 is 1.93 bits per heavy atom. The average molecular weight is 407 g/mol. The molecule has 152 valence electrons. The number of nitrogens with one attached hydrogen (secondary N) is 1. The average Bonchev–Trinajstić information content (AvgIpc) is 2.70. The predicted molar refractivity (Wildman–Crippen MR) is 111 cm³/mol. The van der Waals surface area contributed by atoms with Crippen LogP contribution in [0.5, 0.6) is 0 Å². The standard InChI is InChI=1S/C20H27ClN4O3/c1-4-25(5-2)20-22-13-17(21)18(24-20)19(26)23-16-9-7-8-15(12-16)14-28-11-10-27-6-3/h7-9,12-13H,4-6,10-11,14H2,1-3H3,(H,23,26). The molecule has 0 saturated carbocycles. The Morgan fingerprint density at radius 1 is 1.18 bits per heavy atom. The van der Waals surface area contributed by atoms with E-state index in [9.17, 15) is 4.79 Å². The predicted octanol–water partition coefficient (Wildman–Crippen LogP) is 3.78. The number of anilines is 2. The van der Waals surface area contributed by atoms with Crippen molar-refractivity contribution >= 4 is 29.1 Å². The molecule has 1 amide bonds. The Kier molecular flexibility index (Phi) is 9.13. The van der Waals surface area contributed by atoms with Gasteiger partial charge in [-0.25, -0.2) is 9.97 Å². The van der Waals surface area contributed by atoms with E-state index in [1.807, 2.05) is 49.9 Å². The highest BCUT2D eigenvalue weighted by Crippen LogP contribution is 2.19. The number of aromatic nitrogens is 2. The summed E-state index contributed by atoms with van der Waals surface area (Å²) in [6, 6.07) is 7.47. The Labute approximate surface area is 171 Å². The summed E-state index contributed by atoms with van der Waals surface area (Å²) in [5.41, 5.74) is 1.75. The normalized spacial score (nSPS) is 10.7. The first kappa shape index (κ1) is 22.1. The van der Waals surface area contributed by atoms with Gasteiger partial charge in [0.2, 0.25) is 5.95 Å². The topological polar surface area (TPSA) is 76.6 Å². The number of ether oxygens (including phenoxy) is 2. The molecular formula is C20H27ClN4O3. The smallest absolute Gasteiger partial charge is 0.276 e. The molecule has 0 spiro atoms. The van der Waals surface area contributed by atoms with Crippen LogP contribution in [0.1, 0.15) is 36.8 Å². The van der Waals surface area contributed by atoms with Crippen LogP contribution in [0.25, 0.3) is 0 Å². The number of rotatable bonds is 11. The second-order valence-corrected chi connectivity index (χ2v) is 6.35. The maximum Gasteiger partial charge on any atom is 0.276 e. The van der Waals surface area contributed by atoms with Crippen LogP contribution >= 0.6 is 11.6 Å². The van der Waals surface area contributed by atoms with Gasteiger partial charge in [-0.15, -0.1) is 0 Å². The lowest BCUT2D eigenvalue weighted by Crippen LogP contribution is -2.25. The van der Waals surface area contributed by atoms with Gasteiger partial charge in [-0.05, 0) is 38.5 Å². The SMILES string of the molecule is CCOCCOCc1cccc(NC(=O)c2nc(N(CC)CC)ncc2Cl)c1. The molecular weight excluding hydrogens is 380 g/mol. The lowest BCUT2D eigenvalue weighted by molar-refractivity contribution is 0.0453. The molecule has 0 aliphatic carbocycles. The van der Waals surface area contributed by atoms with Crippen molar-refractivity contribution in [1.29, 1.82) is 0 Å². The third-order valence-corrected chi connectivity index (χ3v) is 4.30. The van der Waals surface area contributed by atoms with Crippen LogP contribution in [0.15, 0.2) is 30.5 Å². The van der Waals surface area contributed by atoms with Gasteiger partial charge in [0.25, 0.3) is 5.91 Å². The molecule has 0 atom stereocenters. The molecule has 2 rings (SSSR count). The van der Waals surface area contributed by atoms with E-state index in [4.69, 9.17) is 21.1 Å². The minimum absolute atomic E-state index is 0.150. The quantitative estimate of drug-likeness (QED) is 0.572. The van der Waals surface area contributed by atoms with E-state index in [1.54, 1.807) is 0 Å². The van der Waals surface area contributed by atoms with E-state index >= 15 is 0 Å². The van der Waals surface area contributed by atoms with Crippen molar-refractivity contribution in [3.63, 3.8) is 0 Å². The summed E-state index contributed by atoms with van der Waals surface area (Å²) in [5, 5.41) is 3.05. The van der Waals surface area contributed by atoms with Gasteiger partial charge in [0, 0.05) is 25.4 Å². The molecule has 0 bridgehead atoms. The second kappa shape index (κ2) is 11.6. The lowest BCUT2D eigenvalue weighted by Gasteiger charge is -2.19. The van der Waals surface area contributed by atoms with Gasteiger partial charge < -0.3 is 19.7 Å². The van der Waals surface area contributed by atoms with Crippen LogP contribution in [0.2, 0.25) is 5.02 Å². The number of hydrogen-bond acceptors (Lipinski definition) is 6. The van der Waals surface area contributed by atoms with Crippen molar-refractivity contribution in [3.8, 4) is 0 Å². The van der Waals surface area contributed by atoms with Crippen molar-refractivity contribution in [2.24, 2.45) is 0 Å². The van der Waals surface area contributed by atoms with Gasteiger partial charge in [-0.2, -0.15) is 0 Å². The Hall–Kier alpha value is -2.22. The zero-order chi connectivity index (χ0) is 20.4. The number of benzene rings is 1. The molecule has 8 heteroatoms. The fourth-order valence-electron chi connectivity index (χ4n) is 2.56. The fraction of sp³-hybridized carbons (Fsp3) is 0.450. The highest BCUT2D eigenvalue weighted by molar-refractivity contribution is 6.34. The van der Waals surface area contributed by atoms with Crippen molar-refractivity contribution in [2.45, 2.75) is 27.4 Å². The monoisotopic (exact) mass is 406 g/mol. The number of carbonyl (C=O) groups is 1. The van der Waals surface area contributed by atoms with E-state index < -0.39 is 0 Å². The third-order valence-electron chi connectivity index (χ3n) is 4.02. The Balaban J connectivity index is 2.04. The fourth-order valence-corrected chi connectivity index (χ4v) is 2.73. The number of hydrogen-bond donors (Lipinski definition) is 1. The minimum atomic E-state index is -0.379. The largest absolute Gasteiger partial charge is 0.379 e. The van der Waals surface area contributed by atoms with Gasteiger partial charge in [-0.3, -0.25) is 4.79 Å². The van der Waals surface area contributed by atoms with E-state index in [0.29, 0.717) is 38.1 Å². The molecule has 1 N–H and O–H groups in total. The van der Waals surface area contributed by atoms with Crippen molar-refractivity contribution in [2.75, 3.05) is 43.1 Å². The Morgan fingerprint density at radius 3 is 2.64 bits per heavy atom. The summed E-state index contributed by atoms with van der Waals surface area (Å²) in [5.74, 6) is 0.103. The van der Waals surface area contributed by atoms with Gasteiger partial charge >= 0.3 is 0 Å². The highest BCUT2D eigenvalue weighted by atomic mass is 35.5. The first-order chi connectivity index (χ1) is 13.6. The molecule has 2 aromatic rings. The first-order valence-corrected chi connectivity index (χ1v) is 9.80. The van der Waals surface area contributed by atoms with Crippen LogP contribution in [-0.4, -0.2) is 48.8 Å². The van der Waals surface area contributed by atoms with E-state index in [1.165, 1.54) is 6.20 Å². The molecule has 0 radical (unpaired) electrons. The van der Waals surface area contributed by atoms with E-state index in [-0.39, 0.29) is 16.6 Å². The van der Waals surface area contributed by atoms with Crippen molar-refractivity contribution in [1.82, 2.24) is 9.97 Å². The summed E-state index contributed by atoms with van der Waals surface area (Å²) >= 11 is 6.15. The van der Waals surface area contributed by atoms with E-state index in [2.05, 4.69) is 15.3 Å². The van der Waals surface area contributed by atoms with Crippen LogP contribution in [-0.2, 0) is 16.1 Å². The maximum absolute atomic E-state index is 12.7. The maximum atomic E-state index is 12.7. The van der Waals surface area contributed by atoms with E-state index in [0.717, 1.165) is 18.7 Å². The molecule has 0 aliphatic heterocycles. The number of carbonyl (C=O) groups excluding carboxylic acids is 1. The summed E-state index contributed by atoms with van der Waals surface area (Å²) in [7, 11) is 0. The van der Waals surface area contributed by atoms with Crippen LogP contribution in [0, 0.1) is 0 Å². The van der Waals surface area contributed by atoms with Crippen molar-refractivity contribution in [3.05, 3.63) is 46.7 Å². The summed E-state index contributed by atoms with van der Waals surface area (Å²) in [6.45, 7) is 9.63. The second-order valence-electron chi connectivity index (χ2n) is 5.94. The molecule has 28 heavy (non-hydrogen) atoms. The summed E-state index contributed by atoms with van der Waals surface area (Å²) in [4.78, 5) is 23.2. The molecule has 0 aliphatic rings. The molecule has 1 heterocycles. The molecule has 0 fully saturated rings. The first-order valence-electron chi connectivity index (χ1n) is 9.42. The zero-order valence-corrected chi connectivity index (χ0v) is 17.3.